The minimum absolute atomic E-state index is 0.144. The Morgan fingerprint density at radius 3 is 2.80 bits per heavy atom. The van der Waals surface area contributed by atoms with Crippen molar-refractivity contribution in [3.05, 3.63) is 0 Å². The van der Waals surface area contributed by atoms with Crippen molar-refractivity contribution in [3.8, 4) is 0 Å². The van der Waals surface area contributed by atoms with Gasteiger partial charge in [0.15, 0.2) is 0 Å². The van der Waals surface area contributed by atoms with E-state index in [4.69, 9.17) is 4.74 Å². The highest BCUT2D eigenvalue weighted by atomic mass is 32.2. The Morgan fingerprint density at radius 1 is 1.40 bits per heavy atom. The van der Waals surface area contributed by atoms with Gasteiger partial charge in [-0.25, -0.2) is 13.1 Å². The zero-order chi connectivity index (χ0) is 11.1. The second-order valence-corrected chi connectivity index (χ2v) is 5.76. The summed E-state index contributed by atoms with van der Waals surface area (Å²) in [7, 11) is -1.35. The molecule has 90 valence electrons. The van der Waals surface area contributed by atoms with E-state index in [1.54, 1.807) is 7.05 Å². The largest absolute Gasteiger partial charge is 0.381 e. The molecule has 1 atom stereocenters. The lowest BCUT2D eigenvalue weighted by Gasteiger charge is -2.09. The molecule has 6 heteroatoms. The molecule has 2 N–H and O–H groups in total. The van der Waals surface area contributed by atoms with Crippen LogP contribution in [0.5, 0.6) is 0 Å². The molecule has 0 amide bonds. The van der Waals surface area contributed by atoms with Crippen molar-refractivity contribution in [2.24, 2.45) is 5.92 Å². The van der Waals surface area contributed by atoms with Crippen molar-refractivity contribution < 1.29 is 13.2 Å². The Balaban J connectivity index is 2.12. The highest BCUT2D eigenvalue weighted by Crippen LogP contribution is 2.15. The average Bonchev–Trinajstić information content (AvgIpc) is 2.67. The molecule has 1 unspecified atom stereocenters. The standard InChI is InChI=1S/C9H20N2O3S/c1-10-5-7-15(12,13)11-4-2-9-3-6-14-8-9/h9-11H,2-8H2,1H3. The lowest BCUT2D eigenvalue weighted by Crippen LogP contribution is -2.32. The summed E-state index contributed by atoms with van der Waals surface area (Å²) in [5.74, 6) is 0.669. The Labute approximate surface area is 91.6 Å². The van der Waals surface area contributed by atoms with Crippen LogP contribution in [0.3, 0.4) is 0 Å². The zero-order valence-corrected chi connectivity index (χ0v) is 9.98. The summed E-state index contributed by atoms with van der Waals surface area (Å²) >= 11 is 0. The number of hydrogen-bond acceptors (Lipinski definition) is 4. The van der Waals surface area contributed by atoms with Crippen LogP contribution in [-0.4, -0.2) is 47.5 Å². The van der Waals surface area contributed by atoms with Gasteiger partial charge in [0.2, 0.25) is 10.0 Å². The normalized spacial score (nSPS) is 22.1. The fraction of sp³-hybridized carbons (Fsp3) is 1.00. The summed E-state index contributed by atoms with van der Waals surface area (Å²) in [5, 5.41) is 2.82. The van der Waals surface area contributed by atoms with Gasteiger partial charge in [-0.05, 0) is 25.8 Å². The first-order valence-electron chi connectivity index (χ1n) is 5.34. The maximum atomic E-state index is 11.4. The topological polar surface area (TPSA) is 67.4 Å². The molecule has 0 spiro atoms. The van der Waals surface area contributed by atoms with E-state index in [0.717, 1.165) is 26.1 Å². The summed E-state index contributed by atoms with van der Waals surface area (Å²) in [5.41, 5.74) is 0. The number of nitrogens with one attached hydrogen (secondary N) is 2. The Hall–Kier alpha value is -0.170. The van der Waals surface area contributed by atoms with Gasteiger partial charge in [0.05, 0.1) is 5.75 Å². The van der Waals surface area contributed by atoms with Gasteiger partial charge in [0.1, 0.15) is 0 Å². The molecule has 1 aliphatic heterocycles. The summed E-state index contributed by atoms with van der Waals surface area (Å²) in [6.45, 7) is 2.61. The van der Waals surface area contributed by atoms with Gasteiger partial charge in [-0.3, -0.25) is 0 Å². The molecule has 0 aromatic rings. The van der Waals surface area contributed by atoms with Crippen LogP contribution < -0.4 is 10.0 Å². The minimum Gasteiger partial charge on any atom is -0.381 e. The summed E-state index contributed by atoms with van der Waals surface area (Å²) in [4.78, 5) is 0. The molecule has 0 aromatic carbocycles. The van der Waals surface area contributed by atoms with Crippen LogP contribution in [0.1, 0.15) is 12.8 Å². The van der Waals surface area contributed by atoms with Crippen LogP contribution in [0.4, 0.5) is 0 Å². The predicted molar refractivity (Wildman–Crippen MR) is 59.3 cm³/mol. The van der Waals surface area contributed by atoms with Gasteiger partial charge in [-0.1, -0.05) is 0 Å². The van der Waals surface area contributed by atoms with E-state index in [2.05, 4.69) is 10.0 Å². The second-order valence-electron chi connectivity index (χ2n) is 3.84. The van der Waals surface area contributed by atoms with E-state index in [-0.39, 0.29) is 5.75 Å². The van der Waals surface area contributed by atoms with Crippen molar-refractivity contribution in [2.45, 2.75) is 12.8 Å². The molecule has 1 heterocycles. The summed E-state index contributed by atoms with van der Waals surface area (Å²) in [6, 6.07) is 0. The van der Waals surface area contributed by atoms with E-state index in [9.17, 15) is 8.42 Å². The van der Waals surface area contributed by atoms with Crippen molar-refractivity contribution in [2.75, 3.05) is 39.1 Å². The van der Waals surface area contributed by atoms with Crippen LogP contribution in [0, 0.1) is 5.92 Å². The molecule has 0 saturated carbocycles. The van der Waals surface area contributed by atoms with Gasteiger partial charge in [-0.15, -0.1) is 0 Å². The van der Waals surface area contributed by atoms with E-state index in [1.807, 2.05) is 0 Å². The Bertz CT molecular complexity index is 261. The summed E-state index contributed by atoms with van der Waals surface area (Å²) in [6.07, 6.45) is 1.93. The maximum Gasteiger partial charge on any atom is 0.212 e. The molecular formula is C9H20N2O3S. The van der Waals surface area contributed by atoms with Crippen molar-refractivity contribution in [3.63, 3.8) is 0 Å². The van der Waals surface area contributed by atoms with Gasteiger partial charge in [0, 0.05) is 26.3 Å². The van der Waals surface area contributed by atoms with E-state index in [1.165, 1.54) is 0 Å². The monoisotopic (exact) mass is 236 g/mol. The third-order valence-electron chi connectivity index (χ3n) is 2.52. The summed E-state index contributed by atoms with van der Waals surface area (Å²) < 4.78 is 30.6. The Kier molecular flexibility index (Phi) is 5.52. The van der Waals surface area contributed by atoms with Crippen LogP contribution >= 0.6 is 0 Å². The highest BCUT2D eigenvalue weighted by Gasteiger charge is 2.16. The molecule has 1 rings (SSSR count). The predicted octanol–water partition coefficient (Wildman–Crippen LogP) is -0.448. The first-order valence-corrected chi connectivity index (χ1v) is 6.99. The second kappa shape index (κ2) is 6.42. The first kappa shape index (κ1) is 12.9. The number of rotatable bonds is 7. The van der Waals surface area contributed by atoms with Crippen molar-refractivity contribution >= 4 is 10.0 Å². The van der Waals surface area contributed by atoms with Crippen LogP contribution in [0.15, 0.2) is 0 Å². The molecule has 5 nitrogen and oxygen atoms in total. The minimum atomic E-state index is -3.09. The lowest BCUT2D eigenvalue weighted by atomic mass is 10.1. The zero-order valence-electron chi connectivity index (χ0n) is 9.16. The number of sulfonamides is 1. The van der Waals surface area contributed by atoms with Gasteiger partial charge >= 0.3 is 0 Å². The number of hydrogen-bond donors (Lipinski definition) is 2. The van der Waals surface area contributed by atoms with E-state index >= 15 is 0 Å². The molecule has 0 radical (unpaired) electrons. The quantitative estimate of drug-likeness (QED) is 0.628. The molecule has 0 bridgehead atoms. The molecule has 0 aromatic heterocycles. The van der Waals surface area contributed by atoms with E-state index in [0.29, 0.717) is 19.0 Å². The molecule has 1 saturated heterocycles. The van der Waals surface area contributed by atoms with Crippen molar-refractivity contribution in [1.82, 2.24) is 10.0 Å². The maximum absolute atomic E-state index is 11.4. The third kappa shape index (κ3) is 5.46. The van der Waals surface area contributed by atoms with Gasteiger partial charge in [0.25, 0.3) is 0 Å². The van der Waals surface area contributed by atoms with Gasteiger partial charge < -0.3 is 10.1 Å². The third-order valence-corrected chi connectivity index (χ3v) is 3.90. The molecule has 1 fully saturated rings. The van der Waals surface area contributed by atoms with Crippen LogP contribution in [-0.2, 0) is 14.8 Å². The van der Waals surface area contributed by atoms with Crippen LogP contribution in [0.25, 0.3) is 0 Å². The fourth-order valence-electron chi connectivity index (χ4n) is 1.54. The Morgan fingerprint density at radius 2 is 2.20 bits per heavy atom. The highest BCUT2D eigenvalue weighted by molar-refractivity contribution is 7.89. The SMILES string of the molecule is CNCCS(=O)(=O)NCCC1CCOC1. The average molecular weight is 236 g/mol. The first-order chi connectivity index (χ1) is 7.14. The molecule has 15 heavy (non-hydrogen) atoms. The molecular weight excluding hydrogens is 216 g/mol. The van der Waals surface area contributed by atoms with Crippen LogP contribution in [0.2, 0.25) is 0 Å². The molecule has 1 aliphatic rings. The van der Waals surface area contributed by atoms with Crippen molar-refractivity contribution in [1.29, 1.82) is 0 Å². The number of ether oxygens (including phenoxy) is 1. The lowest BCUT2D eigenvalue weighted by molar-refractivity contribution is 0.184. The van der Waals surface area contributed by atoms with Gasteiger partial charge in [-0.2, -0.15) is 0 Å². The fourth-order valence-corrected chi connectivity index (χ4v) is 2.58. The smallest absolute Gasteiger partial charge is 0.212 e. The van der Waals surface area contributed by atoms with E-state index < -0.39 is 10.0 Å². The molecule has 0 aliphatic carbocycles.